The molecule has 3 heterocycles. The summed E-state index contributed by atoms with van der Waals surface area (Å²) in [5.74, 6) is 0.646. The van der Waals surface area contributed by atoms with Crippen molar-refractivity contribution >= 4 is 23.7 Å². The Bertz CT molecular complexity index is 695. The number of dihydropyridines is 1. The number of aliphatic hydroxyl groups is 1. The Kier molecular flexibility index (Phi) is 3.73. The molecule has 0 amide bonds. The molecule has 2 atom stereocenters. The first-order valence-electron chi connectivity index (χ1n) is 8.08. The van der Waals surface area contributed by atoms with Crippen molar-refractivity contribution in [1.29, 1.82) is 0 Å². The largest absolute Gasteiger partial charge is 0.505 e. The molecule has 1 aromatic carbocycles. The van der Waals surface area contributed by atoms with Crippen LogP contribution in [0, 0.1) is 6.92 Å². The molecule has 122 valence electrons. The Morgan fingerprint density at radius 2 is 2.04 bits per heavy atom. The van der Waals surface area contributed by atoms with Crippen LogP contribution in [-0.4, -0.2) is 42.1 Å². The van der Waals surface area contributed by atoms with Crippen molar-refractivity contribution in [3.05, 3.63) is 33.9 Å². The number of fused-ring (bicyclic) bond motifs is 1. The van der Waals surface area contributed by atoms with E-state index >= 15 is 0 Å². The molecule has 0 radical (unpaired) electrons. The van der Waals surface area contributed by atoms with Gasteiger partial charge < -0.3 is 15.1 Å². The van der Waals surface area contributed by atoms with Gasteiger partial charge in [-0.3, -0.25) is 10.3 Å². The van der Waals surface area contributed by atoms with Gasteiger partial charge in [0.1, 0.15) is 11.5 Å². The molecule has 0 aliphatic carbocycles. The number of allylic oxidation sites excluding steroid dienone is 1. The Morgan fingerprint density at radius 1 is 1.26 bits per heavy atom. The van der Waals surface area contributed by atoms with Gasteiger partial charge in [0.2, 0.25) is 0 Å². The number of aliphatic hydroxyl groups excluding tert-OH is 1. The number of aliphatic imine (C=N–C) groups is 1. The summed E-state index contributed by atoms with van der Waals surface area (Å²) in [7, 11) is 0. The highest BCUT2D eigenvalue weighted by atomic mass is 32.2. The monoisotopic (exact) mass is 331 g/mol. The Morgan fingerprint density at radius 3 is 2.78 bits per heavy atom. The van der Waals surface area contributed by atoms with Crippen LogP contribution in [0.1, 0.15) is 29.3 Å². The predicted molar refractivity (Wildman–Crippen MR) is 94.6 cm³/mol. The number of hydrogen-bond donors (Lipinski definition) is 3. The highest BCUT2D eigenvalue weighted by molar-refractivity contribution is 8.03. The van der Waals surface area contributed by atoms with Crippen molar-refractivity contribution in [3.8, 4) is 5.75 Å². The second-order valence-electron chi connectivity index (χ2n) is 6.30. The molecular weight excluding hydrogens is 310 g/mol. The number of rotatable bonds is 2. The van der Waals surface area contributed by atoms with E-state index in [4.69, 9.17) is 0 Å². The number of anilines is 1. The fourth-order valence-corrected chi connectivity index (χ4v) is 4.89. The first-order valence-corrected chi connectivity index (χ1v) is 8.96. The summed E-state index contributed by atoms with van der Waals surface area (Å²) in [5, 5.41) is 24.2. The molecule has 5 nitrogen and oxygen atoms in total. The second kappa shape index (κ2) is 5.76. The highest BCUT2D eigenvalue weighted by Crippen LogP contribution is 2.46. The van der Waals surface area contributed by atoms with Crippen molar-refractivity contribution < 1.29 is 10.2 Å². The van der Waals surface area contributed by atoms with Gasteiger partial charge in [-0.15, -0.1) is 11.8 Å². The number of benzene rings is 1. The number of nitrogens with one attached hydrogen (secondary N) is 1. The van der Waals surface area contributed by atoms with E-state index < -0.39 is 0 Å². The molecule has 3 aliphatic heterocycles. The molecule has 0 bridgehead atoms. The van der Waals surface area contributed by atoms with Crippen LogP contribution in [0.25, 0.3) is 0 Å². The lowest BCUT2D eigenvalue weighted by atomic mass is 10.0. The second-order valence-corrected chi connectivity index (χ2v) is 7.45. The molecular formula is C17H21N3O2S. The normalized spacial score (nSPS) is 26.9. The molecule has 3 aliphatic rings. The maximum atomic E-state index is 10.6. The summed E-state index contributed by atoms with van der Waals surface area (Å²) in [5.41, 5.74) is 2.93. The number of phenols is 1. The predicted octanol–water partition coefficient (Wildman–Crippen LogP) is 2.86. The first kappa shape index (κ1) is 14.9. The van der Waals surface area contributed by atoms with E-state index in [-0.39, 0.29) is 17.2 Å². The third-order valence-corrected chi connectivity index (χ3v) is 6.22. The number of thioether (sulfide) groups is 1. The number of nitrogens with zero attached hydrogens (tertiary/aromatic N) is 2. The molecule has 3 N–H and O–H groups in total. The van der Waals surface area contributed by atoms with E-state index in [9.17, 15) is 10.2 Å². The topological polar surface area (TPSA) is 68.1 Å². The fourth-order valence-electron chi connectivity index (χ4n) is 3.54. The molecule has 0 spiro atoms. The van der Waals surface area contributed by atoms with E-state index in [0.29, 0.717) is 12.3 Å². The summed E-state index contributed by atoms with van der Waals surface area (Å²) >= 11 is 1.62. The van der Waals surface area contributed by atoms with Crippen LogP contribution in [0.15, 0.2) is 27.8 Å². The molecule has 6 heteroatoms. The van der Waals surface area contributed by atoms with E-state index in [1.165, 1.54) is 19.1 Å². The van der Waals surface area contributed by atoms with Crippen LogP contribution in [0.2, 0.25) is 0 Å². The zero-order valence-electron chi connectivity index (χ0n) is 13.1. The zero-order chi connectivity index (χ0) is 16.0. The van der Waals surface area contributed by atoms with Crippen LogP contribution >= 0.6 is 11.8 Å². The maximum Gasteiger partial charge on any atom is 0.144 e. The quantitative estimate of drug-likeness (QED) is 0.777. The van der Waals surface area contributed by atoms with Gasteiger partial charge in [0.25, 0.3) is 0 Å². The van der Waals surface area contributed by atoms with Gasteiger partial charge in [-0.1, -0.05) is 6.07 Å². The Balaban J connectivity index is 1.63. The van der Waals surface area contributed by atoms with Gasteiger partial charge in [0.15, 0.2) is 0 Å². The van der Waals surface area contributed by atoms with Gasteiger partial charge in [-0.25, -0.2) is 0 Å². The van der Waals surface area contributed by atoms with Crippen LogP contribution in [0.5, 0.6) is 5.75 Å². The number of hydrogen-bond acceptors (Lipinski definition) is 6. The number of phenolic OH excluding ortho intramolecular Hbond substituents is 1. The van der Waals surface area contributed by atoms with Gasteiger partial charge in [-0.2, -0.15) is 0 Å². The summed E-state index contributed by atoms with van der Waals surface area (Å²) < 4.78 is 0. The summed E-state index contributed by atoms with van der Waals surface area (Å²) in [4.78, 5) is 7.38. The van der Waals surface area contributed by atoms with Crippen molar-refractivity contribution in [2.24, 2.45) is 4.99 Å². The minimum absolute atomic E-state index is 0.0392. The lowest BCUT2D eigenvalue weighted by Gasteiger charge is -2.23. The first-order chi connectivity index (χ1) is 11.1. The van der Waals surface area contributed by atoms with Crippen LogP contribution in [0.4, 0.5) is 5.69 Å². The summed E-state index contributed by atoms with van der Waals surface area (Å²) in [6.45, 7) is 4.66. The average Bonchev–Trinajstić information content (AvgIpc) is 3.19. The van der Waals surface area contributed by atoms with Gasteiger partial charge >= 0.3 is 0 Å². The molecule has 1 aromatic rings. The minimum Gasteiger partial charge on any atom is -0.505 e. The zero-order valence-corrected chi connectivity index (χ0v) is 13.9. The maximum absolute atomic E-state index is 10.6. The van der Waals surface area contributed by atoms with Gasteiger partial charge in [0, 0.05) is 18.0 Å². The highest BCUT2D eigenvalue weighted by Gasteiger charge is 2.35. The van der Waals surface area contributed by atoms with E-state index in [2.05, 4.69) is 21.3 Å². The molecule has 0 saturated carbocycles. The van der Waals surface area contributed by atoms with Crippen LogP contribution in [-0.2, 0) is 0 Å². The molecule has 0 aromatic heterocycles. The Labute approximate surface area is 140 Å². The van der Waals surface area contributed by atoms with Crippen LogP contribution < -0.4 is 10.2 Å². The average molecular weight is 331 g/mol. The molecule has 2 unspecified atom stereocenters. The molecule has 2 saturated heterocycles. The summed E-state index contributed by atoms with van der Waals surface area (Å²) in [6, 6.07) is 4.20. The SMILES string of the molecule is Cc1c(C2NC3CN=CC(O)=C3S2)ccc(N2CCCC2)c1O. The lowest BCUT2D eigenvalue weighted by molar-refractivity contribution is 0.431. The van der Waals surface area contributed by atoms with Crippen molar-refractivity contribution in [2.75, 3.05) is 24.5 Å². The smallest absolute Gasteiger partial charge is 0.144 e. The van der Waals surface area contributed by atoms with Crippen LogP contribution in [0.3, 0.4) is 0 Å². The van der Waals surface area contributed by atoms with Crippen molar-refractivity contribution in [2.45, 2.75) is 31.2 Å². The van der Waals surface area contributed by atoms with Gasteiger partial charge in [-0.05, 0) is 37.0 Å². The van der Waals surface area contributed by atoms with Crippen molar-refractivity contribution in [3.63, 3.8) is 0 Å². The van der Waals surface area contributed by atoms with Crippen molar-refractivity contribution in [1.82, 2.24) is 5.32 Å². The van der Waals surface area contributed by atoms with E-state index in [0.717, 1.165) is 34.8 Å². The molecule has 23 heavy (non-hydrogen) atoms. The third kappa shape index (κ3) is 2.50. The number of aromatic hydroxyl groups is 1. The molecule has 2 fully saturated rings. The molecule has 4 rings (SSSR count). The third-order valence-electron chi connectivity index (χ3n) is 4.85. The fraction of sp³-hybridized carbons (Fsp3) is 0.471. The summed E-state index contributed by atoms with van der Waals surface area (Å²) in [6.07, 6.45) is 3.91. The van der Waals surface area contributed by atoms with E-state index in [1.54, 1.807) is 11.8 Å². The van der Waals surface area contributed by atoms with E-state index in [1.807, 2.05) is 13.0 Å². The van der Waals surface area contributed by atoms with Gasteiger partial charge in [0.05, 0.1) is 29.9 Å². The minimum atomic E-state index is 0.0392. The lowest BCUT2D eigenvalue weighted by Crippen LogP contribution is -2.30. The standard InChI is InChI=1S/C17H21N3O2S/c1-10-11(4-5-13(15(10)22)20-6-2-3-7-20)17-19-12-8-18-9-14(21)16(12)23-17/h4-5,9,12,17,19,21-22H,2-3,6-8H2,1H3. The Hall–Kier alpha value is -1.66.